The monoisotopic (exact) mass is 1570 g/mol. The van der Waals surface area contributed by atoms with Gasteiger partial charge in [-0.15, -0.1) is 0 Å². The van der Waals surface area contributed by atoms with Crippen LogP contribution in [0.25, 0.3) is 242 Å². The van der Waals surface area contributed by atoms with Gasteiger partial charge in [0, 0.05) is 76.7 Å². The van der Waals surface area contributed by atoms with E-state index in [0.717, 1.165) is 67.5 Å². The molecule has 0 amide bonds. The SMILES string of the molecule is c1ccc(-c2ccc(-c3cc4c5ccccc5c5c(c6ccccc6n5-c5ccc(-c6ccccc6)c6ccccc56)c4c4ccccc34)c3ccccc23)cc1.c1ccc(-n2c(-c3ccc(-c4cc5c6ccccc6c6c(c7ccccc7n6-c6ccc(-c7nc8ccccc8n7-c7ccccc7)cc6)c5c5ccccc45)cc3)nc3ccccc32)cc1. The third kappa shape index (κ3) is 11.0. The number of fused-ring (bicyclic) bond motifs is 24. The third-order valence-electron chi connectivity index (χ3n) is 25.8. The molecule has 0 bridgehead atoms. The summed E-state index contributed by atoms with van der Waals surface area (Å²) in [6.07, 6.45) is 0. The molecule has 0 N–H and O–H groups in total. The summed E-state index contributed by atoms with van der Waals surface area (Å²) >= 11 is 0. The molecule has 0 atom stereocenters. The standard InChI is InChI=1S/C62H39N5.C56H35N/c1-3-17-43(18-4-1)66-56-29-15-12-26-53(56)63-61(66)41-33-31-40(32-34-41)51-39-52-47-22-8-10-24-49(47)60-59(58(52)48-23-9-7-21-46(48)51)50-25-11-14-28-55(50)65(60)45-37-35-42(36-38-45)62-64-54-27-13-16-30-57(54)67(62)44-19-5-2-6-20-44;1-3-17-36(18-4-1)38-31-32-45(42-23-8-7-21-40(38)42)50-35-51-44-25-11-14-28-48(44)56-55(54(51)47-27-13-10-24-43(47)50)49-29-15-16-30-52(49)57(56)53-34-33-39(37-19-5-2-6-20-37)41-22-9-12-26-46(41)53/h1-39H;1-35H. The zero-order chi connectivity index (χ0) is 81.5. The van der Waals surface area contributed by atoms with Gasteiger partial charge in [0.05, 0.1) is 49.8 Å². The molecule has 0 unspecified atom stereocenters. The Morgan fingerprint density at radius 3 is 0.952 bits per heavy atom. The molecule has 6 nitrogen and oxygen atoms in total. The van der Waals surface area contributed by atoms with Crippen molar-refractivity contribution in [2.24, 2.45) is 0 Å². The normalized spacial score (nSPS) is 11.9. The van der Waals surface area contributed by atoms with Crippen molar-refractivity contribution in [1.82, 2.24) is 28.2 Å². The second-order valence-electron chi connectivity index (χ2n) is 32.5. The molecule has 0 aliphatic rings. The molecule has 4 aromatic heterocycles. The first-order chi connectivity index (χ1) is 61.6. The van der Waals surface area contributed by atoms with E-state index in [1.165, 1.54) is 174 Å². The number of para-hydroxylation sites is 8. The third-order valence-corrected chi connectivity index (χ3v) is 25.8. The smallest absolute Gasteiger partial charge is 0.145 e. The minimum Gasteiger partial charge on any atom is -0.309 e. The number of rotatable bonds is 10. The van der Waals surface area contributed by atoms with E-state index in [1.807, 2.05) is 0 Å². The summed E-state index contributed by atoms with van der Waals surface area (Å²) in [5.74, 6) is 1.84. The van der Waals surface area contributed by atoms with Gasteiger partial charge in [-0.05, 0) is 207 Å². The van der Waals surface area contributed by atoms with Gasteiger partial charge >= 0.3 is 0 Å². The predicted octanol–water partition coefficient (Wildman–Crippen LogP) is 31.5. The lowest BCUT2D eigenvalue weighted by Crippen LogP contribution is -1.98. The van der Waals surface area contributed by atoms with Gasteiger partial charge in [-0.25, -0.2) is 9.97 Å². The lowest BCUT2D eigenvalue weighted by molar-refractivity contribution is 1.10. The van der Waals surface area contributed by atoms with Crippen LogP contribution in [0.3, 0.4) is 0 Å². The van der Waals surface area contributed by atoms with E-state index in [0.29, 0.717) is 0 Å². The number of aromatic nitrogens is 6. The molecule has 0 saturated heterocycles. The lowest BCUT2D eigenvalue weighted by Gasteiger charge is -2.18. The first-order valence-corrected chi connectivity index (χ1v) is 42.6. The average molecular weight is 1580 g/mol. The van der Waals surface area contributed by atoms with Crippen molar-refractivity contribution < 1.29 is 0 Å². The molecule has 576 valence electrons. The summed E-state index contributed by atoms with van der Waals surface area (Å²) in [6, 6.07) is 163. The number of nitrogens with zero attached hydrogens (tertiary/aromatic N) is 6. The molecule has 0 aliphatic carbocycles. The fourth-order valence-electron chi connectivity index (χ4n) is 20.5. The second kappa shape index (κ2) is 28.6. The van der Waals surface area contributed by atoms with Gasteiger partial charge in [0.2, 0.25) is 0 Å². The second-order valence-corrected chi connectivity index (χ2v) is 32.5. The molecule has 0 fully saturated rings. The van der Waals surface area contributed by atoms with Crippen LogP contribution in [-0.4, -0.2) is 28.2 Å². The van der Waals surface area contributed by atoms with Crippen LogP contribution in [0.5, 0.6) is 0 Å². The Morgan fingerprint density at radius 2 is 0.460 bits per heavy atom. The average Bonchev–Trinajstić information content (AvgIpc) is 1.51. The maximum atomic E-state index is 5.18. The fourth-order valence-corrected chi connectivity index (χ4v) is 20.5. The lowest BCUT2D eigenvalue weighted by atomic mass is 9.86. The molecular weight excluding hydrogens is 1500 g/mol. The van der Waals surface area contributed by atoms with Gasteiger partial charge in [0.25, 0.3) is 0 Å². The van der Waals surface area contributed by atoms with E-state index in [1.54, 1.807) is 0 Å². The van der Waals surface area contributed by atoms with E-state index in [4.69, 9.17) is 9.97 Å². The molecule has 26 aromatic rings. The van der Waals surface area contributed by atoms with E-state index < -0.39 is 0 Å². The Morgan fingerprint density at radius 1 is 0.153 bits per heavy atom. The molecule has 6 heteroatoms. The topological polar surface area (TPSA) is 45.5 Å². The van der Waals surface area contributed by atoms with Gasteiger partial charge in [-0.2, -0.15) is 0 Å². The highest BCUT2D eigenvalue weighted by molar-refractivity contribution is 6.40. The molecule has 4 heterocycles. The molecule has 22 aromatic carbocycles. The van der Waals surface area contributed by atoms with Gasteiger partial charge in [0.1, 0.15) is 11.6 Å². The summed E-state index contributed by atoms with van der Waals surface area (Å²) in [7, 11) is 0. The Labute approximate surface area is 714 Å². The van der Waals surface area contributed by atoms with Gasteiger partial charge in [-0.3, -0.25) is 9.13 Å². The van der Waals surface area contributed by atoms with E-state index in [-0.39, 0.29) is 0 Å². The summed E-state index contributed by atoms with van der Waals surface area (Å²) in [4.78, 5) is 10.3. The minimum absolute atomic E-state index is 0.918. The largest absolute Gasteiger partial charge is 0.309 e. The van der Waals surface area contributed by atoms with E-state index >= 15 is 0 Å². The van der Waals surface area contributed by atoms with Crippen molar-refractivity contribution in [3.05, 3.63) is 449 Å². The van der Waals surface area contributed by atoms with E-state index in [9.17, 15) is 0 Å². The van der Waals surface area contributed by atoms with Crippen molar-refractivity contribution in [1.29, 1.82) is 0 Å². The molecule has 0 aliphatic heterocycles. The summed E-state index contributed by atoms with van der Waals surface area (Å²) in [5.41, 5.74) is 25.4. The van der Waals surface area contributed by atoms with Gasteiger partial charge in [0.15, 0.2) is 0 Å². The van der Waals surface area contributed by atoms with Gasteiger partial charge in [-0.1, -0.05) is 346 Å². The number of imidazole rings is 2. The van der Waals surface area contributed by atoms with Crippen LogP contribution in [0.15, 0.2) is 449 Å². The zero-order valence-corrected chi connectivity index (χ0v) is 67.4. The quantitative estimate of drug-likeness (QED) is 0.128. The molecule has 26 rings (SSSR count). The van der Waals surface area contributed by atoms with Gasteiger partial charge < -0.3 is 9.13 Å². The highest BCUT2D eigenvalue weighted by Gasteiger charge is 2.27. The number of benzene rings is 22. The molecular formula is C118H74N6. The van der Waals surface area contributed by atoms with Crippen LogP contribution in [0.2, 0.25) is 0 Å². The van der Waals surface area contributed by atoms with Crippen LogP contribution < -0.4 is 0 Å². The van der Waals surface area contributed by atoms with Crippen LogP contribution in [-0.2, 0) is 0 Å². The summed E-state index contributed by atoms with van der Waals surface area (Å²) in [5, 5.41) is 25.1. The maximum absolute atomic E-state index is 5.18. The Balaban J connectivity index is 0.000000138. The predicted molar refractivity (Wildman–Crippen MR) is 523 cm³/mol. The highest BCUT2D eigenvalue weighted by atomic mass is 15.1. The molecule has 0 spiro atoms. The molecule has 0 radical (unpaired) electrons. The van der Waals surface area contributed by atoms with Crippen molar-refractivity contribution in [3.8, 4) is 90.0 Å². The van der Waals surface area contributed by atoms with Crippen molar-refractivity contribution in [2.45, 2.75) is 0 Å². The first kappa shape index (κ1) is 70.5. The van der Waals surface area contributed by atoms with Crippen molar-refractivity contribution in [2.75, 3.05) is 0 Å². The summed E-state index contributed by atoms with van der Waals surface area (Å²) in [6.45, 7) is 0. The fraction of sp³-hybridized carbons (Fsp3) is 0. The Bertz CT molecular complexity index is 8820. The maximum Gasteiger partial charge on any atom is 0.145 e. The van der Waals surface area contributed by atoms with E-state index in [2.05, 4.69) is 467 Å². The number of hydrogen-bond donors (Lipinski definition) is 0. The van der Waals surface area contributed by atoms with Crippen LogP contribution in [0.1, 0.15) is 0 Å². The Hall–Kier alpha value is -16.5. The van der Waals surface area contributed by atoms with Crippen LogP contribution in [0, 0.1) is 0 Å². The molecule has 124 heavy (non-hydrogen) atoms. The summed E-state index contributed by atoms with van der Waals surface area (Å²) < 4.78 is 9.55. The van der Waals surface area contributed by atoms with Crippen LogP contribution >= 0.6 is 0 Å². The number of hydrogen-bond acceptors (Lipinski definition) is 2. The van der Waals surface area contributed by atoms with Crippen LogP contribution in [0.4, 0.5) is 0 Å². The van der Waals surface area contributed by atoms with Crippen molar-refractivity contribution >= 4 is 152 Å². The highest BCUT2D eigenvalue weighted by Crippen LogP contribution is 2.52. The minimum atomic E-state index is 0.918. The first-order valence-electron chi connectivity index (χ1n) is 42.6. The van der Waals surface area contributed by atoms with Crippen molar-refractivity contribution in [3.63, 3.8) is 0 Å². The zero-order valence-electron chi connectivity index (χ0n) is 67.4. The molecule has 0 saturated carbocycles. The Kier molecular flexibility index (Phi) is 16.3.